The smallest absolute Gasteiger partial charge is 0.215 e. The third-order valence-electron chi connectivity index (χ3n) is 6.03. The van der Waals surface area contributed by atoms with Gasteiger partial charge in [0.05, 0.1) is 5.75 Å². The minimum absolute atomic E-state index is 0.0440. The van der Waals surface area contributed by atoms with Crippen molar-refractivity contribution in [3.05, 3.63) is 0 Å². The van der Waals surface area contributed by atoms with E-state index in [4.69, 9.17) is 0 Å². The van der Waals surface area contributed by atoms with Crippen molar-refractivity contribution in [2.24, 2.45) is 16.7 Å². The van der Waals surface area contributed by atoms with E-state index in [0.29, 0.717) is 25.4 Å². The average molecular weight is 285 g/mol. The molecule has 2 atom stereocenters. The summed E-state index contributed by atoms with van der Waals surface area (Å²) in [6, 6.07) is 0. The monoisotopic (exact) mass is 285 g/mol. The highest BCUT2D eigenvalue weighted by Gasteiger charge is 2.65. The van der Waals surface area contributed by atoms with Crippen LogP contribution in [0.25, 0.3) is 0 Å². The molecule has 5 heteroatoms. The summed E-state index contributed by atoms with van der Waals surface area (Å²) in [5, 5.41) is 0. The van der Waals surface area contributed by atoms with Crippen LogP contribution >= 0.6 is 0 Å². The second-order valence-electron chi connectivity index (χ2n) is 7.03. The van der Waals surface area contributed by atoms with Gasteiger partial charge in [0.15, 0.2) is 0 Å². The van der Waals surface area contributed by atoms with Crippen LogP contribution in [0.4, 0.5) is 0 Å². The molecule has 0 aromatic heterocycles. The Kier molecular flexibility index (Phi) is 2.88. The molecule has 3 fully saturated rings. The molecule has 0 spiro atoms. The molecule has 0 aromatic carbocycles. The predicted molar refractivity (Wildman–Crippen MR) is 73.2 cm³/mol. The molecule has 0 unspecified atom stereocenters. The number of hydrogen-bond donors (Lipinski definition) is 0. The lowest BCUT2D eigenvalue weighted by molar-refractivity contribution is -0.128. The van der Waals surface area contributed by atoms with Crippen LogP contribution in [0.5, 0.6) is 0 Å². The van der Waals surface area contributed by atoms with E-state index >= 15 is 0 Å². The SMILES string of the molecule is CC1(C)[C@@H]2CC[C@]1(CS(=O)(=O)N1CCCC1)C(=O)C2. The number of fused-ring (bicyclic) bond motifs is 2. The molecule has 2 saturated carbocycles. The molecule has 2 bridgehead atoms. The zero-order chi connectivity index (χ0) is 13.9. The van der Waals surface area contributed by atoms with Gasteiger partial charge in [0.2, 0.25) is 10.0 Å². The number of carbonyl (C=O) groups is 1. The number of ketones is 1. The average Bonchev–Trinajstić information content (AvgIpc) is 2.95. The molecule has 3 rings (SSSR count). The van der Waals surface area contributed by atoms with Gasteiger partial charge in [-0.3, -0.25) is 4.79 Å². The maximum atomic E-state index is 12.6. The van der Waals surface area contributed by atoms with Crippen molar-refractivity contribution in [2.45, 2.75) is 46.0 Å². The molecule has 108 valence electrons. The van der Waals surface area contributed by atoms with Crippen molar-refractivity contribution in [3.63, 3.8) is 0 Å². The Labute approximate surface area is 115 Å². The quantitative estimate of drug-likeness (QED) is 0.794. The second-order valence-corrected chi connectivity index (χ2v) is 9.00. The zero-order valence-electron chi connectivity index (χ0n) is 11.8. The van der Waals surface area contributed by atoms with Crippen LogP contribution in [0.3, 0.4) is 0 Å². The summed E-state index contributed by atoms with van der Waals surface area (Å²) in [6.07, 6.45) is 4.26. The second kappa shape index (κ2) is 4.04. The Hall–Kier alpha value is -0.420. The first-order valence-electron chi connectivity index (χ1n) is 7.31. The number of rotatable bonds is 3. The number of nitrogens with zero attached hydrogens (tertiary/aromatic N) is 1. The third kappa shape index (κ3) is 1.74. The van der Waals surface area contributed by atoms with E-state index in [1.54, 1.807) is 4.31 Å². The summed E-state index contributed by atoms with van der Waals surface area (Å²) in [4.78, 5) is 12.4. The fourth-order valence-corrected chi connectivity index (χ4v) is 6.77. The van der Waals surface area contributed by atoms with E-state index in [2.05, 4.69) is 13.8 Å². The van der Waals surface area contributed by atoms with Crippen molar-refractivity contribution in [1.82, 2.24) is 4.31 Å². The number of carbonyl (C=O) groups excluding carboxylic acids is 1. The van der Waals surface area contributed by atoms with E-state index in [-0.39, 0.29) is 17.0 Å². The summed E-state index contributed by atoms with van der Waals surface area (Å²) in [7, 11) is -3.28. The summed E-state index contributed by atoms with van der Waals surface area (Å²) in [5.41, 5.74) is -0.768. The first-order chi connectivity index (χ1) is 8.80. The highest BCUT2D eigenvalue weighted by molar-refractivity contribution is 7.89. The Morgan fingerprint density at radius 3 is 2.37 bits per heavy atom. The maximum absolute atomic E-state index is 12.6. The van der Waals surface area contributed by atoms with E-state index in [1.807, 2.05) is 0 Å². The molecule has 0 aromatic rings. The lowest BCUT2D eigenvalue weighted by Crippen LogP contribution is -2.46. The van der Waals surface area contributed by atoms with Gasteiger partial charge in [-0.25, -0.2) is 12.7 Å². The molecule has 0 N–H and O–H groups in total. The van der Waals surface area contributed by atoms with Crippen molar-refractivity contribution in [1.29, 1.82) is 0 Å². The molecule has 0 radical (unpaired) electrons. The van der Waals surface area contributed by atoms with Crippen molar-refractivity contribution >= 4 is 15.8 Å². The highest BCUT2D eigenvalue weighted by Crippen LogP contribution is 2.64. The summed E-state index contributed by atoms with van der Waals surface area (Å²) < 4.78 is 26.8. The molecule has 1 heterocycles. The van der Waals surface area contributed by atoms with Gasteiger partial charge in [-0.15, -0.1) is 0 Å². The normalized spacial score (nSPS) is 38.2. The van der Waals surface area contributed by atoms with Crippen LogP contribution in [-0.2, 0) is 14.8 Å². The Morgan fingerprint density at radius 1 is 1.26 bits per heavy atom. The summed E-state index contributed by atoms with van der Waals surface area (Å²) >= 11 is 0. The van der Waals surface area contributed by atoms with Crippen LogP contribution in [0.15, 0.2) is 0 Å². The third-order valence-corrected chi connectivity index (χ3v) is 8.04. The van der Waals surface area contributed by atoms with Crippen LogP contribution in [0.1, 0.15) is 46.0 Å². The van der Waals surface area contributed by atoms with E-state index < -0.39 is 15.4 Å². The maximum Gasteiger partial charge on any atom is 0.215 e. The zero-order valence-corrected chi connectivity index (χ0v) is 12.6. The van der Waals surface area contributed by atoms with Crippen LogP contribution in [0.2, 0.25) is 0 Å². The van der Waals surface area contributed by atoms with E-state index in [9.17, 15) is 13.2 Å². The molecular formula is C14H23NO3S. The van der Waals surface area contributed by atoms with Crippen molar-refractivity contribution < 1.29 is 13.2 Å². The van der Waals surface area contributed by atoms with Crippen LogP contribution < -0.4 is 0 Å². The lowest BCUT2D eigenvalue weighted by atomic mass is 9.70. The van der Waals surface area contributed by atoms with Gasteiger partial charge in [-0.2, -0.15) is 0 Å². The van der Waals surface area contributed by atoms with Crippen LogP contribution in [-0.4, -0.2) is 37.3 Å². The lowest BCUT2D eigenvalue weighted by Gasteiger charge is -2.37. The van der Waals surface area contributed by atoms with Crippen LogP contribution in [0, 0.1) is 16.7 Å². The number of sulfonamides is 1. The van der Waals surface area contributed by atoms with E-state index in [1.165, 1.54) is 0 Å². The minimum Gasteiger partial charge on any atom is -0.299 e. The molecule has 1 aliphatic heterocycles. The molecule has 3 aliphatic rings. The van der Waals surface area contributed by atoms with E-state index in [0.717, 1.165) is 25.7 Å². The molecule has 4 nitrogen and oxygen atoms in total. The van der Waals surface area contributed by atoms with Gasteiger partial charge in [0.25, 0.3) is 0 Å². The first-order valence-corrected chi connectivity index (χ1v) is 8.92. The van der Waals surface area contributed by atoms with Gasteiger partial charge >= 0.3 is 0 Å². The Balaban J connectivity index is 1.91. The molecular weight excluding hydrogens is 262 g/mol. The van der Waals surface area contributed by atoms with Gasteiger partial charge < -0.3 is 0 Å². The largest absolute Gasteiger partial charge is 0.299 e. The van der Waals surface area contributed by atoms with Gasteiger partial charge in [0, 0.05) is 24.9 Å². The molecule has 1 saturated heterocycles. The molecule has 0 amide bonds. The number of hydrogen-bond acceptors (Lipinski definition) is 3. The fraction of sp³-hybridized carbons (Fsp3) is 0.929. The topological polar surface area (TPSA) is 54.5 Å². The summed E-state index contributed by atoms with van der Waals surface area (Å²) in [5.74, 6) is 0.618. The van der Waals surface area contributed by atoms with Gasteiger partial charge in [-0.1, -0.05) is 13.8 Å². The van der Waals surface area contributed by atoms with Crippen molar-refractivity contribution in [3.8, 4) is 0 Å². The van der Waals surface area contributed by atoms with Gasteiger partial charge in [-0.05, 0) is 37.0 Å². The van der Waals surface area contributed by atoms with Gasteiger partial charge in [0.1, 0.15) is 5.78 Å². The Morgan fingerprint density at radius 2 is 1.89 bits per heavy atom. The molecule has 19 heavy (non-hydrogen) atoms. The molecule has 2 aliphatic carbocycles. The predicted octanol–water partition coefficient (Wildman–Crippen LogP) is 1.81. The first kappa shape index (κ1) is 13.6. The highest BCUT2D eigenvalue weighted by atomic mass is 32.2. The Bertz CT molecular complexity index is 505. The summed E-state index contributed by atoms with van der Waals surface area (Å²) in [6.45, 7) is 5.46. The minimum atomic E-state index is -3.28. The van der Waals surface area contributed by atoms with Crippen molar-refractivity contribution in [2.75, 3.05) is 18.8 Å². The number of Topliss-reactive ketones (excluding diaryl/α,β-unsaturated/α-hetero) is 1. The standard InChI is InChI=1S/C14H23NO3S/c1-13(2)11-5-6-14(13,12(16)9-11)10-19(17,18)15-7-3-4-8-15/h11H,3-10H2,1-2H3/t11-,14+/m1/s1. The fourth-order valence-electron chi connectivity index (χ4n) is 4.48.